The molecule has 0 bridgehead atoms. The van der Waals surface area contributed by atoms with Gasteiger partial charge in [0, 0.05) is 37.5 Å². The summed E-state index contributed by atoms with van der Waals surface area (Å²) in [5, 5.41) is 3.73. The summed E-state index contributed by atoms with van der Waals surface area (Å²) in [7, 11) is 0. The molecule has 3 heterocycles. The largest absolute Gasteiger partial charge is 0.294 e. The van der Waals surface area contributed by atoms with Crippen molar-refractivity contribution in [3.05, 3.63) is 164 Å². The lowest BCUT2D eigenvalue weighted by atomic mass is 10.0. The molecule has 0 spiro atoms. The van der Waals surface area contributed by atoms with Gasteiger partial charge in [-0.1, -0.05) is 140 Å². The average molecular weight is 606 g/mol. The maximum atomic E-state index is 5.23. The van der Waals surface area contributed by atoms with Crippen LogP contribution < -0.4 is 0 Å². The molecule has 6 aromatic carbocycles. The van der Waals surface area contributed by atoms with E-state index in [1.54, 1.807) is 0 Å². The van der Waals surface area contributed by atoms with Crippen LogP contribution in [0.2, 0.25) is 0 Å². The molecule has 0 fully saturated rings. The standard InChI is InChI=1S/C42H27N3S/c1-4-12-28(13-5-1)29-20-22-30(23-21-29)35-27-39(44-42(43-35)32-16-8-3-9-17-32)45-36-19-11-10-18-34(36)40-37(45)25-24-33-26-38(46-41(33)40)31-14-6-2-7-15-31/h1-27H. The van der Waals surface area contributed by atoms with Crippen LogP contribution in [0, 0.1) is 0 Å². The van der Waals surface area contributed by atoms with Gasteiger partial charge < -0.3 is 0 Å². The third-order valence-corrected chi connectivity index (χ3v) is 9.86. The van der Waals surface area contributed by atoms with Gasteiger partial charge in [-0.2, -0.15) is 0 Å². The van der Waals surface area contributed by atoms with Crippen molar-refractivity contribution in [2.45, 2.75) is 0 Å². The second kappa shape index (κ2) is 11.0. The summed E-state index contributed by atoms with van der Waals surface area (Å²) in [6, 6.07) is 57.7. The van der Waals surface area contributed by atoms with Crippen LogP contribution in [0.1, 0.15) is 0 Å². The molecular formula is C42H27N3S. The SMILES string of the molecule is c1ccc(-c2ccc(-c3cc(-n4c5ccccc5c5c6sc(-c7ccccc7)cc6ccc54)nc(-c4ccccc4)n3)cc2)cc1. The molecule has 0 amide bonds. The molecule has 0 aliphatic rings. The van der Waals surface area contributed by atoms with E-state index in [-0.39, 0.29) is 0 Å². The highest BCUT2D eigenvalue weighted by Gasteiger charge is 2.19. The number of rotatable bonds is 5. The molecular weight excluding hydrogens is 579 g/mol. The Morgan fingerprint density at radius 3 is 1.80 bits per heavy atom. The third kappa shape index (κ3) is 4.50. The van der Waals surface area contributed by atoms with Crippen LogP contribution in [0.25, 0.3) is 81.9 Å². The Bertz CT molecular complexity index is 2500. The Balaban J connectivity index is 1.27. The topological polar surface area (TPSA) is 30.7 Å². The van der Waals surface area contributed by atoms with Gasteiger partial charge in [-0.25, -0.2) is 9.97 Å². The molecule has 216 valence electrons. The van der Waals surface area contributed by atoms with Crippen LogP contribution in [0.15, 0.2) is 164 Å². The zero-order chi connectivity index (χ0) is 30.5. The molecule has 0 unspecified atom stereocenters. The molecule has 4 heteroatoms. The number of hydrogen-bond acceptors (Lipinski definition) is 3. The lowest BCUT2D eigenvalue weighted by Gasteiger charge is -2.12. The molecule has 0 saturated carbocycles. The van der Waals surface area contributed by atoms with E-state index in [1.165, 1.54) is 42.4 Å². The van der Waals surface area contributed by atoms with E-state index in [0.717, 1.165) is 33.7 Å². The second-order valence-electron chi connectivity index (χ2n) is 11.5. The number of nitrogens with zero attached hydrogens (tertiary/aromatic N) is 3. The van der Waals surface area contributed by atoms with Crippen molar-refractivity contribution >= 4 is 43.2 Å². The zero-order valence-corrected chi connectivity index (χ0v) is 25.7. The van der Waals surface area contributed by atoms with Gasteiger partial charge in [0.05, 0.1) is 16.7 Å². The fourth-order valence-corrected chi connectivity index (χ4v) is 7.64. The van der Waals surface area contributed by atoms with Crippen LogP contribution in [-0.2, 0) is 0 Å². The first-order valence-electron chi connectivity index (χ1n) is 15.4. The van der Waals surface area contributed by atoms with Crippen molar-refractivity contribution in [1.82, 2.24) is 14.5 Å². The summed E-state index contributed by atoms with van der Waals surface area (Å²) in [6.07, 6.45) is 0. The molecule has 9 aromatic rings. The van der Waals surface area contributed by atoms with E-state index in [4.69, 9.17) is 9.97 Å². The Morgan fingerprint density at radius 1 is 0.457 bits per heavy atom. The van der Waals surface area contributed by atoms with Crippen molar-refractivity contribution in [2.75, 3.05) is 0 Å². The summed E-state index contributed by atoms with van der Waals surface area (Å²) in [5.41, 5.74) is 8.81. The Labute approximate surface area is 270 Å². The number of hydrogen-bond donors (Lipinski definition) is 0. The Hall–Kier alpha value is -5.84. The fourth-order valence-electron chi connectivity index (χ4n) is 6.42. The first kappa shape index (κ1) is 26.6. The minimum atomic E-state index is 0.703. The zero-order valence-electron chi connectivity index (χ0n) is 24.8. The van der Waals surface area contributed by atoms with Crippen LogP contribution in [0.4, 0.5) is 0 Å². The number of benzene rings is 6. The van der Waals surface area contributed by atoms with Gasteiger partial charge in [-0.3, -0.25) is 4.57 Å². The maximum absolute atomic E-state index is 5.23. The molecule has 0 aliphatic carbocycles. The van der Waals surface area contributed by atoms with Gasteiger partial charge in [-0.05, 0) is 40.3 Å². The van der Waals surface area contributed by atoms with E-state index < -0.39 is 0 Å². The summed E-state index contributed by atoms with van der Waals surface area (Å²) >= 11 is 1.86. The summed E-state index contributed by atoms with van der Waals surface area (Å²) in [4.78, 5) is 11.6. The Kier molecular flexibility index (Phi) is 6.32. The van der Waals surface area contributed by atoms with E-state index in [2.05, 4.69) is 144 Å². The van der Waals surface area contributed by atoms with Gasteiger partial charge in [-0.15, -0.1) is 11.3 Å². The van der Waals surface area contributed by atoms with E-state index in [0.29, 0.717) is 5.82 Å². The first-order chi connectivity index (χ1) is 22.8. The lowest BCUT2D eigenvalue weighted by molar-refractivity contribution is 1.05. The quantitative estimate of drug-likeness (QED) is 0.195. The number of thiophene rings is 1. The highest BCUT2D eigenvalue weighted by Crippen LogP contribution is 2.43. The van der Waals surface area contributed by atoms with Crippen LogP contribution in [0.3, 0.4) is 0 Å². The van der Waals surface area contributed by atoms with E-state index in [1.807, 2.05) is 35.6 Å². The van der Waals surface area contributed by atoms with E-state index >= 15 is 0 Å². The van der Waals surface area contributed by atoms with Gasteiger partial charge in [0.1, 0.15) is 5.82 Å². The molecule has 0 aliphatic heterocycles. The predicted molar refractivity (Wildman–Crippen MR) is 193 cm³/mol. The Morgan fingerprint density at radius 2 is 1.07 bits per heavy atom. The van der Waals surface area contributed by atoms with Gasteiger partial charge in [0.15, 0.2) is 5.82 Å². The first-order valence-corrected chi connectivity index (χ1v) is 16.2. The molecule has 46 heavy (non-hydrogen) atoms. The molecule has 9 rings (SSSR count). The summed E-state index contributed by atoms with van der Waals surface area (Å²) in [6.45, 7) is 0. The number of para-hydroxylation sites is 1. The highest BCUT2D eigenvalue weighted by molar-refractivity contribution is 7.23. The highest BCUT2D eigenvalue weighted by atomic mass is 32.1. The van der Waals surface area contributed by atoms with Crippen molar-refractivity contribution in [2.24, 2.45) is 0 Å². The van der Waals surface area contributed by atoms with Gasteiger partial charge in [0.2, 0.25) is 0 Å². The smallest absolute Gasteiger partial charge is 0.162 e. The fraction of sp³-hybridized carbons (Fsp3) is 0. The minimum absolute atomic E-state index is 0.703. The lowest BCUT2D eigenvalue weighted by Crippen LogP contribution is -2.02. The molecule has 0 radical (unpaired) electrons. The van der Waals surface area contributed by atoms with Crippen molar-refractivity contribution < 1.29 is 0 Å². The van der Waals surface area contributed by atoms with Crippen LogP contribution in [-0.4, -0.2) is 14.5 Å². The number of fused-ring (bicyclic) bond motifs is 5. The second-order valence-corrected chi connectivity index (χ2v) is 12.5. The predicted octanol–water partition coefficient (Wildman–Crippen LogP) is 11.5. The minimum Gasteiger partial charge on any atom is -0.294 e. The average Bonchev–Trinajstić information content (AvgIpc) is 3.72. The molecule has 0 N–H and O–H groups in total. The molecule has 3 aromatic heterocycles. The number of aromatic nitrogens is 3. The summed E-state index contributed by atoms with van der Waals surface area (Å²) in [5.74, 6) is 1.55. The summed E-state index contributed by atoms with van der Waals surface area (Å²) < 4.78 is 3.60. The van der Waals surface area contributed by atoms with Crippen molar-refractivity contribution in [1.29, 1.82) is 0 Å². The third-order valence-electron chi connectivity index (χ3n) is 8.64. The molecule has 0 saturated heterocycles. The van der Waals surface area contributed by atoms with E-state index in [9.17, 15) is 0 Å². The maximum Gasteiger partial charge on any atom is 0.162 e. The van der Waals surface area contributed by atoms with Crippen molar-refractivity contribution in [3.8, 4) is 50.0 Å². The van der Waals surface area contributed by atoms with Gasteiger partial charge in [0.25, 0.3) is 0 Å². The normalized spacial score (nSPS) is 11.5. The van der Waals surface area contributed by atoms with Crippen LogP contribution >= 0.6 is 11.3 Å². The van der Waals surface area contributed by atoms with Crippen molar-refractivity contribution in [3.63, 3.8) is 0 Å². The monoisotopic (exact) mass is 605 g/mol. The van der Waals surface area contributed by atoms with Gasteiger partial charge >= 0.3 is 0 Å². The van der Waals surface area contributed by atoms with Crippen LogP contribution in [0.5, 0.6) is 0 Å². The molecule has 0 atom stereocenters. The molecule has 3 nitrogen and oxygen atoms in total.